The Labute approximate surface area is 139 Å². The molecule has 0 radical (unpaired) electrons. The summed E-state index contributed by atoms with van der Waals surface area (Å²) in [6.07, 6.45) is 0. The van der Waals surface area contributed by atoms with E-state index in [2.05, 4.69) is 5.32 Å². The molecule has 2 aromatic rings. The van der Waals surface area contributed by atoms with Crippen LogP contribution in [0.5, 0.6) is 5.75 Å². The molecule has 0 aromatic heterocycles. The molecule has 0 amide bonds. The number of rotatable bonds is 3. The number of phenolic OH excluding ortho intramolecular Hbond substituents is 1. The van der Waals surface area contributed by atoms with Gasteiger partial charge in [-0.15, -0.1) is 0 Å². The monoisotopic (exact) mass is 343 g/mol. The highest BCUT2D eigenvalue weighted by molar-refractivity contribution is 6.48. The van der Waals surface area contributed by atoms with Gasteiger partial charge >= 0.3 is 0 Å². The van der Waals surface area contributed by atoms with Crippen molar-refractivity contribution in [2.75, 3.05) is 5.32 Å². The van der Waals surface area contributed by atoms with Crippen LogP contribution in [0.1, 0.15) is 29.7 Å². The second-order valence-corrected chi connectivity index (χ2v) is 6.20. The molecule has 1 unspecified atom stereocenters. The number of nitrogens with one attached hydrogen (secondary N) is 1. The lowest BCUT2D eigenvalue weighted by Gasteiger charge is -2.20. The zero-order valence-electron chi connectivity index (χ0n) is 12.0. The van der Waals surface area contributed by atoms with Crippen molar-refractivity contribution in [3.63, 3.8) is 0 Å². The van der Waals surface area contributed by atoms with Gasteiger partial charge in [-0.25, -0.2) is 0 Å². The highest BCUT2D eigenvalue weighted by atomic mass is 35.5. The minimum absolute atomic E-state index is 0.0759. The van der Waals surface area contributed by atoms with Crippen molar-refractivity contribution in [1.82, 2.24) is 0 Å². The van der Waals surface area contributed by atoms with E-state index in [0.717, 1.165) is 22.4 Å². The Hall–Kier alpha value is -1.09. The molecule has 5 heteroatoms. The normalized spacial score (nSPS) is 12.3. The van der Waals surface area contributed by atoms with Crippen molar-refractivity contribution in [3.8, 4) is 5.75 Å². The molecule has 0 saturated carbocycles. The van der Waals surface area contributed by atoms with Gasteiger partial charge in [0, 0.05) is 11.3 Å². The first kappa shape index (κ1) is 16.3. The molecule has 0 aliphatic rings. The van der Waals surface area contributed by atoms with Crippen molar-refractivity contribution < 1.29 is 5.11 Å². The lowest BCUT2D eigenvalue weighted by atomic mass is 10.1. The standard InChI is InChI=1S/C16H16Cl3NO/c1-8-4-7-13(9(2)16(8)21)20-10(3)11-5-6-12(17)15(19)14(11)18/h4-7,10,20-21H,1-3H3. The van der Waals surface area contributed by atoms with Crippen LogP contribution in [-0.2, 0) is 0 Å². The number of halogens is 3. The highest BCUT2D eigenvalue weighted by Crippen LogP contribution is 2.37. The Bertz CT molecular complexity index is 686. The number of aromatic hydroxyl groups is 1. The maximum atomic E-state index is 10.0. The number of benzene rings is 2. The predicted molar refractivity (Wildman–Crippen MR) is 91.1 cm³/mol. The quantitative estimate of drug-likeness (QED) is 0.655. The van der Waals surface area contributed by atoms with Gasteiger partial charge in [0.1, 0.15) is 5.75 Å². The second-order valence-electron chi connectivity index (χ2n) is 5.03. The molecule has 0 bridgehead atoms. The predicted octanol–water partition coefficient (Wildman–Crippen LogP) is 6.14. The molecule has 2 aromatic carbocycles. The van der Waals surface area contributed by atoms with Gasteiger partial charge in [-0.3, -0.25) is 0 Å². The van der Waals surface area contributed by atoms with Crippen LogP contribution in [0.25, 0.3) is 0 Å². The van der Waals surface area contributed by atoms with Crippen LogP contribution in [0, 0.1) is 13.8 Å². The molecule has 0 heterocycles. The zero-order valence-corrected chi connectivity index (χ0v) is 14.2. The van der Waals surface area contributed by atoms with Gasteiger partial charge in [-0.2, -0.15) is 0 Å². The van der Waals surface area contributed by atoms with E-state index >= 15 is 0 Å². The average Bonchev–Trinajstić information content (AvgIpc) is 2.45. The number of hydrogen-bond acceptors (Lipinski definition) is 2. The summed E-state index contributed by atoms with van der Waals surface area (Å²) >= 11 is 18.3. The van der Waals surface area contributed by atoms with E-state index in [0.29, 0.717) is 20.8 Å². The van der Waals surface area contributed by atoms with Crippen molar-refractivity contribution in [2.24, 2.45) is 0 Å². The van der Waals surface area contributed by atoms with Gasteiger partial charge < -0.3 is 10.4 Å². The third kappa shape index (κ3) is 3.23. The van der Waals surface area contributed by atoms with Crippen LogP contribution < -0.4 is 5.32 Å². The Morgan fingerprint density at radius 1 is 1.00 bits per heavy atom. The first-order valence-corrected chi connectivity index (χ1v) is 7.65. The van der Waals surface area contributed by atoms with Gasteiger partial charge in [-0.1, -0.05) is 46.9 Å². The lowest BCUT2D eigenvalue weighted by molar-refractivity contribution is 0.467. The van der Waals surface area contributed by atoms with E-state index in [1.807, 2.05) is 39.0 Å². The van der Waals surface area contributed by atoms with Crippen molar-refractivity contribution in [3.05, 3.63) is 56.0 Å². The maximum Gasteiger partial charge on any atom is 0.123 e. The fourth-order valence-corrected chi connectivity index (χ4v) is 2.88. The van der Waals surface area contributed by atoms with Gasteiger partial charge in [0.25, 0.3) is 0 Å². The summed E-state index contributed by atoms with van der Waals surface area (Å²) in [5, 5.41) is 14.6. The summed E-state index contributed by atoms with van der Waals surface area (Å²) in [5.74, 6) is 0.299. The molecule has 2 nitrogen and oxygen atoms in total. The first-order chi connectivity index (χ1) is 9.82. The molecule has 112 valence electrons. The molecule has 21 heavy (non-hydrogen) atoms. The molecular formula is C16H16Cl3NO. The summed E-state index contributed by atoms with van der Waals surface area (Å²) in [7, 11) is 0. The second kappa shape index (κ2) is 6.35. The average molecular weight is 345 g/mol. The summed E-state index contributed by atoms with van der Waals surface area (Å²) in [4.78, 5) is 0. The number of aryl methyl sites for hydroxylation is 1. The largest absolute Gasteiger partial charge is 0.507 e. The Balaban J connectivity index is 2.33. The molecule has 1 atom stereocenters. The van der Waals surface area contributed by atoms with Crippen molar-refractivity contribution >= 4 is 40.5 Å². The van der Waals surface area contributed by atoms with E-state index in [1.54, 1.807) is 6.07 Å². The van der Waals surface area contributed by atoms with E-state index in [1.165, 1.54) is 0 Å². The summed E-state index contributed by atoms with van der Waals surface area (Å²) in [6.45, 7) is 5.71. The molecule has 2 N–H and O–H groups in total. The van der Waals surface area contributed by atoms with Crippen molar-refractivity contribution in [1.29, 1.82) is 0 Å². The molecule has 0 fully saturated rings. The van der Waals surface area contributed by atoms with Crippen LogP contribution >= 0.6 is 34.8 Å². The summed E-state index contributed by atoms with van der Waals surface area (Å²) in [6, 6.07) is 7.30. The van der Waals surface area contributed by atoms with E-state index in [-0.39, 0.29) is 6.04 Å². The smallest absolute Gasteiger partial charge is 0.123 e. The van der Waals surface area contributed by atoms with Crippen LogP contribution in [0.2, 0.25) is 15.1 Å². The topological polar surface area (TPSA) is 32.3 Å². The molecule has 0 spiro atoms. The lowest BCUT2D eigenvalue weighted by Crippen LogP contribution is -2.08. The van der Waals surface area contributed by atoms with Crippen molar-refractivity contribution in [2.45, 2.75) is 26.8 Å². The third-order valence-corrected chi connectivity index (χ3v) is 4.84. The number of phenols is 1. The fraction of sp³-hybridized carbons (Fsp3) is 0.250. The molecule has 0 aliphatic heterocycles. The van der Waals surface area contributed by atoms with E-state index < -0.39 is 0 Å². The van der Waals surface area contributed by atoms with Crippen LogP contribution in [-0.4, -0.2) is 5.11 Å². The first-order valence-electron chi connectivity index (χ1n) is 6.52. The summed E-state index contributed by atoms with van der Waals surface area (Å²) in [5.41, 5.74) is 3.36. The molecular weight excluding hydrogens is 329 g/mol. The van der Waals surface area contributed by atoms with Gasteiger partial charge in [0.2, 0.25) is 0 Å². The minimum atomic E-state index is -0.0759. The molecule has 2 rings (SSSR count). The van der Waals surface area contributed by atoms with E-state index in [9.17, 15) is 5.11 Å². The van der Waals surface area contributed by atoms with E-state index in [4.69, 9.17) is 34.8 Å². The Morgan fingerprint density at radius 2 is 1.67 bits per heavy atom. The Morgan fingerprint density at radius 3 is 2.33 bits per heavy atom. The van der Waals surface area contributed by atoms with Crippen LogP contribution in [0.15, 0.2) is 24.3 Å². The number of anilines is 1. The zero-order chi connectivity index (χ0) is 15.7. The SMILES string of the molecule is Cc1ccc(NC(C)c2ccc(Cl)c(Cl)c2Cl)c(C)c1O. The summed E-state index contributed by atoms with van der Waals surface area (Å²) < 4.78 is 0. The van der Waals surface area contributed by atoms with Gasteiger partial charge in [-0.05, 0) is 44.0 Å². The van der Waals surface area contributed by atoms with Crippen LogP contribution in [0.4, 0.5) is 5.69 Å². The molecule has 0 saturated heterocycles. The third-order valence-electron chi connectivity index (χ3n) is 3.54. The van der Waals surface area contributed by atoms with Gasteiger partial charge in [0.05, 0.1) is 21.1 Å². The highest BCUT2D eigenvalue weighted by Gasteiger charge is 2.16. The fourth-order valence-electron chi connectivity index (χ4n) is 2.18. The van der Waals surface area contributed by atoms with Gasteiger partial charge in [0.15, 0.2) is 0 Å². The number of hydrogen-bond donors (Lipinski definition) is 2. The van der Waals surface area contributed by atoms with Crippen LogP contribution in [0.3, 0.4) is 0 Å². The molecule has 0 aliphatic carbocycles. The Kier molecular flexibility index (Phi) is 4.92. The maximum absolute atomic E-state index is 10.0. The minimum Gasteiger partial charge on any atom is -0.507 e.